The van der Waals surface area contributed by atoms with E-state index in [1.165, 1.54) is 11.8 Å². The van der Waals surface area contributed by atoms with Gasteiger partial charge in [0.05, 0.1) is 33.2 Å². The Labute approximate surface area is 229 Å². The summed E-state index contributed by atoms with van der Waals surface area (Å²) < 4.78 is 11.7. The van der Waals surface area contributed by atoms with E-state index in [2.05, 4.69) is 31.9 Å². The summed E-state index contributed by atoms with van der Waals surface area (Å²) in [6, 6.07) is 20.6. The van der Waals surface area contributed by atoms with Crippen molar-refractivity contribution >= 4 is 72.4 Å². The fourth-order valence-corrected chi connectivity index (χ4v) is 5.79. The highest BCUT2D eigenvalue weighted by Crippen LogP contribution is 2.39. The third kappa shape index (κ3) is 6.37. The smallest absolute Gasteiger partial charge is 0.341 e. The molecule has 10 heteroatoms. The first-order valence-corrected chi connectivity index (χ1v) is 13.1. The van der Waals surface area contributed by atoms with Crippen LogP contribution >= 0.6 is 43.6 Å². The van der Waals surface area contributed by atoms with Gasteiger partial charge in [-0.05, 0) is 97.2 Å². The predicted octanol–water partition coefficient (Wildman–Crippen LogP) is 6.49. The van der Waals surface area contributed by atoms with Crippen molar-refractivity contribution in [3.8, 4) is 11.5 Å². The molecule has 1 aliphatic heterocycles. The molecule has 0 unspecified atom stereocenters. The maximum Gasteiger partial charge on any atom is 0.341 e. The molecule has 36 heavy (non-hydrogen) atoms. The number of carboxylic acids is 1. The van der Waals surface area contributed by atoms with Crippen LogP contribution in [0.1, 0.15) is 11.1 Å². The first-order chi connectivity index (χ1) is 17.3. The van der Waals surface area contributed by atoms with Crippen LogP contribution in [0.3, 0.4) is 0 Å². The average Bonchev–Trinajstić information content (AvgIpc) is 3.13. The molecule has 1 aliphatic rings. The molecular formula is C26H20Br2N2O5S. The van der Waals surface area contributed by atoms with Crippen molar-refractivity contribution in [3.05, 3.63) is 91.7 Å². The minimum absolute atomic E-state index is 0.163. The summed E-state index contributed by atoms with van der Waals surface area (Å²) in [7, 11) is 1.61. The Bertz CT molecular complexity index is 1320. The number of carbonyl (C=O) groups is 2. The molecule has 4 rings (SSSR count). The van der Waals surface area contributed by atoms with Crippen LogP contribution in [-0.4, -0.2) is 40.8 Å². The van der Waals surface area contributed by atoms with Crippen LogP contribution in [0, 0.1) is 0 Å². The Morgan fingerprint density at radius 1 is 1.08 bits per heavy atom. The molecule has 0 spiro atoms. The second-order valence-corrected chi connectivity index (χ2v) is 10.3. The standard InChI is InChI=1S/C26H20Br2N2O5S/c1-34-19-9-7-16(8-10-19)14-30-25(33)22(36-26(30)29-18-5-3-2-4-6-18)13-17-11-20(27)24(21(28)12-17)35-15-23(31)32/h2-13H,14-15H2,1H3,(H,31,32). The summed E-state index contributed by atoms with van der Waals surface area (Å²) in [5, 5.41) is 9.47. The molecule has 0 aromatic heterocycles. The van der Waals surface area contributed by atoms with Crippen LogP contribution in [-0.2, 0) is 16.1 Å². The van der Waals surface area contributed by atoms with Crippen molar-refractivity contribution < 1.29 is 24.2 Å². The SMILES string of the molecule is COc1ccc(CN2C(=O)C(=Cc3cc(Br)c(OCC(=O)O)c(Br)c3)SC2=Nc2ccccc2)cc1. The van der Waals surface area contributed by atoms with E-state index in [1.807, 2.05) is 54.6 Å². The molecule has 3 aromatic carbocycles. The van der Waals surface area contributed by atoms with E-state index in [9.17, 15) is 9.59 Å². The van der Waals surface area contributed by atoms with Crippen molar-refractivity contribution in [2.45, 2.75) is 6.54 Å². The molecule has 184 valence electrons. The van der Waals surface area contributed by atoms with E-state index in [1.54, 1.807) is 30.2 Å². The molecule has 1 heterocycles. The molecule has 0 saturated carbocycles. The van der Waals surface area contributed by atoms with E-state index in [0.29, 0.717) is 31.3 Å². The van der Waals surface area contributed by atoms with Gasteiger partial charge in [0.2, 0.25) is 0 Å². The number of hydrogen-bond acceptors (Lipinski definition) is 6. The van der Waals surface area contributed by atoms with Crippen LogP contribution in [0.15, 0.2) is 85.6 Å². The summed E-state index contributed by atoms with van der Waals surface area (Å²) in [5.74, 6) is -0.122. The number of carbonyl (C=O) groups excluding carboxylic acids is 1. The van der Waals surface area contributed by atoms with Gasteiger partial charge in [-0.2, -0.15) is 0 Å². The Hall–Kier alpha value is -3.08. The second kappa shape index (κ2) is 11.8. The number of hydrogen-bond donors (Lipinski definition) is 1. The van der Waals surface area contributed by atoms with Gasteiger partial charge >= 0.3 is 5.97 Å². The summed E-state index contributed by atoms with van der Waals surface area (Å²) in [6.45, 7) is -0.111. The lowest BCUT2D eigenvalue weighted by Gasteiger charge is -2.16. The minimum atomic E-state index is -1.07. The van der Waals surface area contributed by atoms with Crippen molar-refractivity contribution in [2.75, 3.05) is 13.7 Å². The van der Waals surface area contributed by atoms with Gasteiger partial charge in [-0.15, -0.1) is 0 Å². The van der Waals surface area contributed by atoms with Crippen LogP contribution in [0.5, 0.6) is 11.5 Å². The summed E-state index contributed by atoms with van der Waals surface area (Å²) in [5.41, 5.74) is 2.43. The number of ether oxygens (including phenoxy) is 2. The average molecular weight is 632 g/mol. The number of aliphatic imine (C=N–C) groups is 1. The number of carboxylic acid groups (broad SMARTS) is 1. The van der Waals surface area contributed by atoms with E-state index in [4.69, 9.17) is 19.6 Å². The monoisotopic (exact) mass is 630 g/mol. The maximum absolute atomic E-state index is 13.5. The molecule has 0 radical (unpaired) electrons. The van der Waals surface area contributed by atoms with Crippen LogP contribution in [0.4, 0.5) is 5.69 Å². The zero-order chi connectivity index (χ0) is 25.7. The van der Waals surface area contributed by atoms with Gasteiger partial charge in [-0.1, -0.05) is 30.3 Å². The van der Waals surface area contributed by atoms with E-state index in [-0.39, 0.29) is 5.91 Å². The van der Waals surface area contributed by atoms with Gasteiger partial charge in [-0.3, -0.25) is 9.69 Å². The van der Waals surface area contributed by atoms with Gasteiger partial charge in [0.1, 0.15) is 11.5 Å². The molecule has 7 nitrogen and oxygen atoms in total. The first kappa shape index (κ1) is 26.0. The Balaban J connectivity index is 1.65. The van der Waals surface area contributed by atoms with Crippen molar-refractivity contribution in [3.63, 3.8) is 0 Å². The lowest BCUT2D eigenvalue weighted by molar-refractivity contribution is -0.139. The number of benzene rings is 3. The lowest BCUT2D eigenvalue weighted by atomic mass is 10.2. The number of nitrogens with zero attached hydrogens (tertiary/aromatic N) is 2. The zero-order valence-corrected chi connectivity index (χ0v) is 23.0. The Morgan fingerprint density at radius 2 is 1.75 bits per heavy atom. The van der Waals surface area contributed by atoms with Crippen molar-refractivity contribution in [1.82, 2.24) is 4.90 Å². The Kier molecular flexibility index (Phi) is 8.50. The van der Waals surface area contributed by atoms with Gasteiger partial charge in [-0.25, -0.2) is 9.79 Å². The number of rotatable bonds is 8. The van der Waals surface area contributed by atoms with E-state index < -0.39 is 12.6 Å². The van der Waals surface area contributed by atoms with Crippen LogP contribution in [0.25, 0.3) is 6.08 Å². The third-order valence-corrected chi connectivity index (χ3v) is 7.21. The molecule has 3 aromatic rings. The highest BCUT2D eigenvalue weighted by Gasteiger charge is 2.33. The fraction of sp³-hybridized carbons (Fsp3) is 0.115. The number of para-hydroxylation sites is 1. The minimum Gasteiger partial charge on any atom is -0.497 e. The Morgan fingerprint density at radius 3 is 2.36 bits per heavy atom. The molecule has 0 bridgehead atoms. The van der Waals surface area contributed by atoms with Gasteiger partial charge in [0.25, 0.3) is 5.91 Å². The number of amidine groups is 1. The van der Waals surface area contributed by atoms with Crippen LogP contribution < -0.4 is 9.47 Å². The zero-order valence-electron chi connectivity index (χ0n) is 19.0. The highest BCUT2D eigenvalue weighted by molar-refractivity contribution is 9.11. The maximum atomic E-state index is 13.5. The molecule has 1 amide bonds. The van der Waals surface area contributed by atoms with Crippen molar-refractivity contribution in [1.29, 1.82) is 0 Å². The molecule has 0 atom stereocenters. The van der Waals surface area contributed by atoms with E-state index in [0.717, 1.165) is 22.6 Å². The number of aliphatic carboxylic acids is 1. The molecular weight excluding hydrogens is 612 g/mol. The second-order valence-electron chi connectivity index (χ2n) is 7.58. The summed E-state index contributed by atoms with van der Waals surface area (Å²) in [6.07, 6.45) is 1.78. The van der Waals surface area contributed by atoms with Crippen molar-refractivity contribution in [2.24, 2.45) is 4.99 Å². The number of methoxy groups -OCH3 is 1. The number of amides is 1. The third-order valence-electron chi connectivity index (χ3n) is 5.03. The van der Waals surface area contributed by atoms with Gasteiger partial charge in [0.15, 0.2) is 11.8 Å². The summed E-state index contributed by atoms with van der Waals surface area (Å²) >= 11 is 8.14. The molecule has 0 aliphatic carbocycles. The van der Waals surface area contributed by atoms with Crippen LogP contribution in [0.2, 0.25) is 0 Å². The topological polar surface area (TPSA) is 88.4 Å². The fourth-order valence-electron chi connectivity index (χ4n) is 3.34. The number of thioether (sulfide) groups is 1. The normalized spacial score (nSPS) is 15.5. The predicted molar refractivity (Wildman–Crippen MR) is 148 cm³/mol. The molecule has 1 fully saturated rings. The summed E-state index contributed by atoms with van der Waals surface area (Å²) in [4.78, 5) is 31.2. The largest absolute Gasteiger partial charge is 0.497 e. The molecule has 1 N–H and O–H groups in total. The first-order valence-electron chi connectivity index (χ1n) is 10.7. The quantitative estimate of drug-likeness (QED) is 0.286. The number of halogens is 2. The highest BCUT2D eigenvalue weighted by atomic mass is 79.9. The van der Waals surface area contributed by atoms with E-state index >= 15 is 0 Å². The van der Waals surface area contributed by atoms with Gasteiger partial charge in [0, 0.05) is 0 Å². The lowest BCUT2D eigenvalue weighted by Crippen LogP contribution is -2.28. The van der Waals surface area contributed by atoms with Gasteiger partial charge < -0.3 is 14.6 Å². The molecule has 1 saturated heterocycles.